The molecule has 4 rings (SSSR count). The van der Waals surface area contributed by atoms with Crippen molar-refractivity contribution in [1.82, 2.24) is 14.7 Å². The van der Waals surface area contributed by atoms with Gasteiger partial charge in [0, 0.05) is 52.6 Å². The first kappa shape index (κ1) is 30.7. The Morgan fingerprint density at radius 2 is 1.78 bits per heavy atom. The average molecular weight is 568 g/mol. The summed E-state index contributed by atoms with van der Waals surface area (Å²) in [6.45, 7) is 7.92. The summed E-state index contributed by atoms with van der Waals surface area (Å²) in [5, 5.41) is 11.6. The van der Waals surface area contributed by atoms with Gasteiger partial charge in [-0.3, -0.25) is 14.5 Å². The molecular formula is C32H45N3O6. The van der Waals surface area contributed by atoms with Crippen LogP contribution in [0.1, 0.15) is 50.2 Å². The lowest BCUT2D eigenvalue weighted by molar-refractivity contribution is -0.132. The highest BCUT2D eigenvalue weighted by Crippen LogP contribution is 2.29. The Hall–Kier alpha value is -3.30. The molecule has 2 aromatic rings. The van der Waals surface area contributed by atoms with Crippen LogP contribution in [0.3, 0.4) is 0 Å². The zero-order valence-corrected chi connectivity index (χ0v) is 24.8. The lowest BCUT2D eigenvalue weighted by atomic mass is 10.0. The highest BCUT2D eigenvalue weighted by molar-refractivity contribution is 5.76. The Bertz CT molecular complexity index is 1160. The van der Waals surface area contributed by atoms with Gasteiger partial charge < -0.3 is 29.1 Å². The number of hydrogen-bond donors (Lipinski definition) is 1. The number of carbonyl (C=O) groups is 2. The molecule has 2 aromatic carbocycles. The maximum Gasteiger partial charge on any atom is 0.222 e. The summed E-state index contributed by atoms with van der Waals surface area (Å²) >= 11 is 0. The number of aryl methyl sites for hydroxylation is 1. The number of aliphatic hydroxyl groups is 1. The van der Waals surface area contributed by atoms with Crippen molar-refractivity contribution < 1.29 is 28.9 Å². The second-order valence-electron chi connectivity index (χ2n) is 11.4. The van der Waals surface area contributed by atoms with Crippen molar-refractivity contribution in [3.63, 3.8) is 0 Å². The van der Waals surface area contributed by atoms with Crippen LogP contribution < -0.4 is 14.2 Å². The number of amides is 2. The van der Waals surface area contributed by atoms with E-state index in [-0.39, 0.29) is 25.0 Å². The Morgan fingerprint density at radius 1 is 0.976 bits per heavy atom. The minimum Gasteiger partial charge on any atom is -0.493 e. The Labute approximate surface area is 244 Å². The molecule has 224 valence electrons. The molecule has 2 saturated heterocycles. The van der Waals surface area contributed by atoms with E-state index >= 15 is 0 Å². The molecular weight excluding hydrogens is 522 g/mol. The Balaban J connectivity index is 1.38. The fraction of sp³-hybridized carbons (Fsp3) is 0.562. The summed E-state index contributed by atoms with van der Waals surface area (Å²) < 4.78 is 17.6. The summed E-state index contributed by atoms with van der Waals surface area (Å²) in [5.74, 6) is 2.17. The van der Waals surface area contributed by atoms with Crippen LogP contribution in [0.4, 0.5) is 0 Å². The number of carbonyl (C=O) groups excluding carboxylic acids is 2. The van der Waals surface area contributed by atoms with Crippen molar-refractivity contribution in [3.05, 3.63) is 53.6 Å². The van der Waals surface area contributed by atoms with E-state index in [0.717, 1.165) is 43.4 Å². The molecule has 0 radical (unpaired) electrons. The van der Waals surface area contributed by atoms with Crippen molar-refractivity contribution in [2.24, 2.45) is 0 Å². The maximum absolute atomic E-state index is 12.3. The van der Waals surface area contributed by atoms with E-state index in [2.05, 4.69) is 4.90 Å². The number of nitrogens with zero attached hydrogens (tertiary/aromatic N) is 3. The average Bonchev–Trinajstić information content (AvgIpc) is 3.26. The highest BCUT2D eigenvalue weighted by Gasteiger charge is 2.37. The molecule has 2 aliphatic rings. The van der Waals surface area contributed by atoms with Crippen LogP contribution in [0.5, 0.6) is 17.2 Å². The SMILES string of the molecule is COc1ccc(CN2CCN(C(C)=O)C[C@](O)(COc3ccc(C)cc3)C2)cc1OCCCN1CCCCCC1=O. The minimum atomic E-state index is -1.23. The Kier molecular flexibility index (Phi) is 10.9. The topological polar surface area (TPSA) is 91.8 Å². The minimum absolute atomic E-state index is 0.0670. The molecule has 0 bridgehead atoms. The first-order valence-electron chi connectivity index (χ1n) is 14.7. The molecule has 41 heavy (non-hydrogen) atoms. The van der Waals surface area contributed by atoms with Crippen molar-refractivity contribution in [3.8, 4) is 17.2 Å². The summed E-state index contributed by atoms with van der Waals surface area (Å²) in [4.78, 5) is 30.4. The lowest BCUT2D eigenvalue weighted by Crippen LogP contribution is -2.51. The molecule has 1 N–H and O–H groups in total. The first-order valence-corrected chi connectivity index (χ1v) is 14.7. The highest BCUT2D eigenvalue weighted by atomic mass is 16.5. The fourth-order valence-electron chi connectivity index (χ4n) is 5.49. The molecule has 9 nitrogen and oxygen atoms in total. The second kappa shape index (κ2) is 14.5. The third kappa shape index (κ3) is 9.10. The summed E-state index contributed by atoms with van der Waals surface area (Å²) in [7, 11) is 1.62. The molecule has 2 heterocycles. The van der Waals surface area contributed by atoms with Crippen LogP contribution in [-0.2, 0) is 16.1 Å². The molecule has 0 aliphatic carbocycles. The van der Waals surface area contributed by atoms with Gasteiger partial charge in [-0.1, -0.05) is 30.2 Å². The molecule has 2 aliphatic heterocycles. The molecule has 0 spiro atoms. The van der Waals surface area contributed by atoms with Crippen LogP contribution in [0.25, 0.3) is 0 Å². The third-order valence-electron chi connectivity index (χ3n) is 7.80. The van der Waals surface area contributed by atoms with Gasteiger partial charge in [-0.15, -0.1) is 0 Å². The summed E-state index contributed by atoms with van der Waals surface area (Å²) in [6.07, 6.45) is 4.56. The number of rotatable bonds is 11. The maximum atomic E-state index is 12.3. The molecule has 1 atom stereocenters. The van der Waals surface area contributed by atoms with E-state index in [4.69, 9.17) is 14.2 Å². The van der Waals surface area contributed by atoms with Gasteiger partial charge in [-0.2, -0.15) is 0 Å². The van der Waals surface area contributed by atoms with Gasteiger partial charge >= 0.3 is 0 Å². The van der Waals surface area contributed by atoms with Crippen LogP contribution in [0.15, 0.2) is 42.5 Å². The monoisotopic (exact) mass is 567 g/mol. The van der Waals surface area contributed by atoms with Gasteiger partial charge in [0.2, 0.25) is 11.8 Å². The van der Waals surface area contributed by atoms with Crippen molar-refractivity contribution >= 4 is 11.8 Å². The zero-order chi connectivity index (χ0) is 29.2. The number of hydrogen-bond acceptors (Lipinski definition) is 7. The van der Waals surface area contributed by atoms with Gasteiger partial charge in [0.1, 0.15) is 18.0 Å². The smallest absolute Gasteiger partial charge is 0.222 e. The lowest BCUT2D eigenvalue weighted by Gasteiger charge is -2.32. The zero-order valence-electron chi connectivity index (χ0n) is 24.8. The van der Waals surface area contributed by atoms with E-state index in [1.165, 1.54) is 6.92 Å². The molecule has 0 aromatic heterocycles. The number of methoxy groups -OCH3 is 1. The van der Waals surface area contributed by atoms with Gasteiger partial charge in [-0.05, 0) is 56.0 Å². The first-order chi connectivity index (χ1) is 19.7. The van der Waals surface area contributed by atoms with Crippen LogP contribution >= 0.6 is 0 Å². The molecule has 9 heteroatoms. The Morgan fingerprint density at radius 3 is 2.54 bits per heavy atom. The van der Waals surface area contributed by atoms with Crippen LogP contribution in [0, 0.1) is 6.92 Å². The second-order valence-corrected chi connectivity index (χ2v) is 11.4. The van der Waals surface area contributed by atoms with E-state index in [1.54, 1.807) is 12.0 Å². The van der Waals surface area contributed by atoms with E-state index < -0.39 is 5.60 Å². The van der Waals surface area contributed by atoms with E-state index in [1.807, 2.05) is 54.3 Å². The standard InChI is InChI=1S/C32H45N3O6/c1-25-9-12-28(13-10-25)41-24-32(38)22-33(17-18-35(23-32)26(2)36)21-27-11-14-29(39-3)30(20-27)40-19-7-16-34-15-6-4-5-8-31(34)37/h9-14,20,38H,4-8,15-19,21-24H2,1-3H3/t32-/m0/s1. The molecule has 2 fully saturated rings. The number of likely N-dealkylation sites (tertiary alicyclic amines) is 1. The number of benzene rings is 2. The van der Waals surface area contributed by atoms with Gasteiger partial charge in [0.25, 0.3) is 0 Å². The molecule has 2 amide bonds. The number of β-amino-alcohol motifs (C(OH)–C–C–N with tert-alkyl or cyclic N) is 1. The van der Waals surface area contributed by atoms with Crippen molar-refractivity contribution in [2.45, 2.75) is 58.1 Å². The predicted octanol–water partition coefficient (Wildman–Crippen LogP) is 3.65. The number of ether oxygens (including phenoxy) is 3. The summed E-state index contributed by atoms with van der Waals surface area (Å²) in [6, 6.07) is 13.6. The van der Waals surface area contributed by atoms with E-state index in [9.17, 15) is 14.7 Å². The van der Waals surface area contributed by atoms with Gasteiger partial charge in [0.05, 0.1) is 20.3 Å². The van der Waals surface area contributed by atoms with Crippen LogP contribution in [0.2, 0.25) is 0 Å². The fourth-order valence-corrected chi connectivity index (χ4v) is 5.49. The van der Waals surface area contributed by atoms with Crippen LogP contribution in [-0.4, -0.2) is 96.8 Å². The predicted molar refractivity (Wildman–Crippen MR) is 157 cm³/mol. The quantitative estimate of drug-likeness (QED) is 0.415. The summed E-state index contributed by atoms with van der Waals surface area (Å²) in [5.41, 5.74) is 0.917. The normalized spacial score (nSPS) is 20.3. The third-order valence-corrected chi connectivity index (χ3v) is 7.80. The molecule has 0 saturated carbocycles. The van der Waals surface area contributed by atoms with Gasteiger partial charge in [-0.25, -0.2) is 0 Å². The largest absolute Gasteiger partial charge is 0.493 e. The van der Waals surface area contributed by atoms with Gasteiger partial charge in [0.15, 0.2) is 11.5 Å². The van der Waals surface area contributed by atoms with Crippen molar-refractivity contribution in [2.75, 3.05) is 59.6 Å². The van der Waals surface area contributed by atoms with E-state index in [0.29, 0.717) is 63.0 Å². The van der Waals surface area contributed by atoms with Crippen molar-refractivity contribution in [1.29, 1.82) is 0 Å². The molecule has 0 unspecified atom stereocenters.